The monoisotopic (exact) mass is 1400 g/mol. The van der Waals surface area contributed by atoms with E-state index in [1.807, 2.05) is 0 Å². The van der Waals surface area contributed by atoms with Crippen molar-refractivity contribution in [3.05, 3.63) is 0 Å². The molecule has 0 saturated heterocycles. The van der Waals surface area contributed by atoms with Gasteiger partial charge in [-0.05, 0) is 37.5 Å². The third kappa shape index (κ3) is 70.3. The van der Waals surface area contributed by atoms with Crippen LogP contribution in [0.1, 0.15) is 395 Å². The molecule has 0 radical (unpaired) electrons. The van der Waals surface area contributed by atoms with E-state index in [1.54, 1.807) is 0 Å². The lowest BCUT2D eigenvalue weighted by Crippen LogP contribution is -2.30. The summed E-state index contributed by atoms with van der Waals surface area (Å²) in [6.07, 6.45) is 55.7. The average molecular weight is 1400 g/mol. The number of carbonyl (C=O) groups excluding carboxylic acids is 4. The summed E-state index contributed by atoms with van der Waals surface area (Å²) < 4.78 is 68.4. The minimum Gasteiger partial charge on any atom is -0.462 e. The lowest BCUT2D eigenvalue weighted by Gasteiger charge is -2.21. The Morgan fingerprint density at radius 3 is 0.716 bits per heavy atom. The highest BCUT2D eigenvalue weighted by molar-refractivity contribution is 7.47. The Hall–Kier alpha value is -1.94. The fourth-order valence-corrected chi connectivity index (χ4v) is 13.2. The molecule has 0 aromatic heterocycles. The van der Waals surface area contributed by atoms with Crippen LogP contribution in [0.2, 0.25) is 0 Å². The minimum atomic E-state index is -4.96. The first-order valence-corrected chi connectivity index (χ1v) is 42.5. The zero-order valence-electron chi connectivity index (χ0n) is 62.0. The first-order chi connectivity index (χ1) is 45.9. The summed E-state index contributed by atoms with van der Waals surface area (Å²) in [4.78, 5) is 72.7. The number of aliphatic hydroxyl groups is 1. The highest BCUT2D eigenvalue weighted by Gasteiger charge is 2.30. The Kier molecular flexibility index (Phi) is 66.5. The van der Waals surface area contributed by atoms with Crippen molar-refractivity contribution in [1.82, 2.24) is 0 Å². The van der Waals surface area contributed by atoms with E-state index in [0.717, 1.165) is 102 Å². The second-order valence-corrected chi connectivity index (χ2v) is 31.3. The number of ether oxygens (including phenoxy) is 4. The van der Waals surface area contributed by atoms with Crippen LogP contribution >= 0.6 is 15.6 Å². The lowest BCUT2D eigenvalue weighted by molar-refractivity contribution is -0.161. The SMILES string of the molecule is CCCCCCCCCCCCCCCCCCCCCCCCC(=O)O[C@H](COC(=O)CCCCCCCCCCCC(C)C)COP(=O)(O)OC[C@@H](O)COP(=O)(O)OC[C@@H](COC(=O)CCCCCCCCCCCC)OC(=O)CCCCCCCCCCC(C)C. The normalized spacial score (nSPS) is 14.0. The second-order valence-electron chi connectivity index (χ2n) is 28.3. The van der Waals surface area contributed by atoms with Crippen molar-refractivity contribution in [2.75, 3.05) is 39.6 Å². The van der Waals surface area contributed by atoms with Crippen LogP contribution < -0.4 is 0 Å². The number of aliphatic hydroxyl groups excluding tert-OH is 1. The van der Waals surface area contributed by atoms with Gasteiger partial charge in [0.15, 0.2) is 12.2 Å². The van der Waals surface area contributed by atoms with E-state index in [-0.39, 0.29) is 25.7 Å². The summed E-state index contributed by atoms with van der Waals surface area (Å²) in [6, 6.07) is 0. The molecule has 19 heteroatoms. The molecule has 5 atom stereocenters. The number of unbranched alkanes of at least 4 members (excludes halogenated alkanes) is 45. The number of hydrogen-bond donors (Lipinski definition) is 3. The van der Waals surface area contributed by atoms with E-state index in [9.17, 15) is 43.2 Å². The molecule has 0 aliphatic rings. The molecule has 0 spiro atoms. The average Bonchev–Trinajstić information content (AvgIpc) is 2.59. The summed E-state index contributed by atoms with van der Waals surface area (Å²) in [7, 11) is -9.91. The maximum Gasteiger partial charge on any atom is 0.472 e. The molecule has 17 nitrogen and oxygen atoms in total. The fourth-order valence-electron chi connectivity index (χ4n) is 11.7. The number of esters is 4. The maximum absolute atomic E-state index is 13.1. The highest BCUT2D eigenvalue weighted by Crippen LogP contribution is 2.45. The predicted octanol–water partition coefficient (Wildman–Crippen LogP) is 22.3. The first kappa shape index (κ1) is 93.1. The molecule has 0 bridgehead atoms. The Labute approximate surface area is 581 Å². The molecule has 0 aromatic rings. The molecule has 0 amide bonds. The van der Waals surface area contributed by atoms with E-state index < -0.39 is 97.5 Å². The van der Waals surface area contributed by atoms with Gasteiger partial charge in [0.1, 0.15) is 19.3 Å². The van der Waals surface area contributed by atoms with Crippen molar-refractivity contribution in [2.45, 2.75) is 413 Å². The topological polar surface area (TPSA) is 237 Å². The Morgan fingerprint density at radius 2 is 0.484 bits per heavy atom. The maximum atomic E-state index is 13.1. The summed E-state index contributed by atoms with van der Waals surface area (Å²) in [6.45, 7) is 9.52. The number of phosphoric ester groups is 2. The van der Waals surface area contributed by atoms with Crippen molar-refractivity contribution in [3.63, 3.8) is 0 Å². The van der Waals surface area contributed by atoms with Crippen molar-refractivity contribution < 1.29 is 80.2 Å². The van der Waals surface area contributed by atoms with Gasteiger partial charge in [0.25, 0.3) is 0 Å². The van der Waals surface area contributed by atoms with Gasteiger partial charge < -0.3 is 33.8 Å². The number of carbonyl (C=O) groups is 4. The highest BCUT2D eigenvalue weighted by atomic mass is 31.2. The van der Waals surface area contributed by atoms with Crippen LogP contribution in [-0.2, 0) is 65.4 Å². The van der Waals surface area contributed by atoms with Gasteiger partial charge in [-0.1, -0.05) is 343 Å². The Morgan fingerprint density at radius 1 is 0.284 bits per heavy atom. The van der Waals surface area contributed by atoms with Crippen LogP contribution in [0.4, 0.5) is 0 Å². The van der Waals surface area contributed by atoms with Crippen molar-refractivity contribution >= 4 is 39.5 Å². The lowest BCUT2D eigenvalue weighted by atomic mass is 10.0. The van der Waals surface area contributed by atoms with Gasteiger partial charge in [0.2, 0.25) is 0 Å². The molecule has 3 N–H and O–H groups in total. The zero-order chi connectivity index (χ0) is 70.0. The molecule has 95 heavy (non-hydrogen) atoms. The third-order valence-corrected chi connectivity index (χ3v) is 19.6. The van der Waals surface area contributed by atoms with Crippen molar-refractivity contribution in [3.8, 4) is 0 Å². The van der Waals surface area contributed by atoms with Gasteiger partial charge >= 0.3 is 39.5 Å². The van der Waals surface area contributed by atoms with E-state index in [2.05, 4.69) is 41.5 Å². The molecule has 564 valence electrons. The quantitative estimate of drug-likeness (QED) is 0.0222. The largest absolute Gasteiger partial charge is 0.472 e. The van der Waals surface area contributed by atoms with E-state index in [4.69, 9.17) is 37.0 Å². The van der Waals surface area contributed by atoms with Crippen LogP contribution in [-0.4, -0.2) is 96.7 Å². The van der Waals surface area contributed by atoms with Gasteiger partial charge in [0.05, 0.1) is 26.4 Å². The Balaban J connectivity index is 5.17. The molecule has 0 rings (SSSR count). The fraction of sp³-hybridized carbons (Fsp3) is 0.947. The van der Waals surface area contributed by atoms with E-state index in [0.29, 0.717) is 25.7 Å². The van der Waals surface area contributed by atoms with Crippen LogP contribution in [0.25, 0.3) is 0 Å². The van der Waals surface area contributed by atoms with Crippen LogP contribution in [0, 0.1) is 11.8 Å². The molecule has 0 aliphatic carbocycles. The molecule has 0 heterocycles. The number of rotatable bonds is 75. The molecule has 0 saturated carbocycles. The summed E-state index contributed by atoms with van der Waals surface area (Å²) in [5.74, 6) is -0.658. The molecule has 0 fully saturated rings. The minimum absolute atomic E-state index is 0.105. The molecular weight excluding hydrogens is 1250 g/mol. The third-order valence-electron chi connectivity index (χ3n) is 17.7. The van der Waals surface area contributed by atoms with Gasteiger partial charge in [0, 0.05) is 25.7 Å². The van der Waals surface area contributed by atoms with Crippen LogP contribution in [0.15, 0.2) is 0 Å². The second kappa shape index (κ2) is 67.9. The van der Waals surface area contributed by atoms with Crippen molar-refractivity contribution in [2.24, 2.45) is 11.8 Å². The summed E-state index contributed by atoms with van der Waals surface area (Å²) >= 11 is 0. The van der Waals surface area contributed by atoms with Crippen LogP contribution in [0.3, 0.4) is 0 Å². The van der Waals surface area contributed by atoms with Crippen LogP contribution in [0.5, 0.6) is 0 Å². The molecule has 0 aromatic carbocycles. The smallest absolute Gasteiger partial charge is 0.462 e. The first-order valence-electron chi connectivity index (χ1n) is 39.5. The zero-order valence-corrected chi connectivity index (χ0v) is 63.8. The summed E-state index contributed by atoms with van der Waals surface area (Å²) in [5.41, 5.74) is 0. The van der Waals surface area contributed by atoms with Gasteiger partial charge in [-0.3, -0.25) is 37.3 Å². The van der Waals surface area contributed by atoms with Gasteiger partial charge in [-0.2, -0.15) is 0 Å². The van der Waals surface area contributed by atoms with Crippen molar-refractivity contribution in [1.29, 1.82) is 0 Å². The predicted molar refractivity (Wildman–Crippen MR) is 386 cm³/mol. The number of phosphoric acid groups is 2. The van der Waals surface area contributed by atoms with E-state index >= 15 is 0 Å². The molecular formula is C76H148O17P2. The van der Waals surface area contributed by atoms with Gasteiger partial charge in [-0.15, -0.1) is 0 Å². The van der Waals surface area contributed by atoms with E-state index in [1.165, 1.54) is 212 Å². The molecule has 0 aliphatic heterocycles. The van der Waals surface area contributed by atoms with Gasteiger partial charge in [-0.25, -0.2) is 9.13 Å². The Bertz CT molecular complexity index is 1840. The summed E-state index contributed by atoms with van der Waals surface area (Å²) in [5, 5.41) is 10.6. The number of hydrogen-bond acceptors (Lipinski definition) is 15. The molecule has 2 unspecified atom stereocenters. The standard InChI is InChI=1S/C76H148O17P2/c1-7-9-11-13-15-17-19-20-21-22-23-24-25-26-27-28-29-30-34-42-48-54-60-75(80)92-71(64-87-74(79)59-53-47-41-35-31-32-38-44-50-56-68(3)4)66-90-94(82,83)88-62-70(77)63-89-95(84,85)91-67-72(65-86-73(78)58-52-46-40-33-18-16-14-12-10-8-2)93-76(81)61-55-49-43-37-36-39-45-51-57-69(5)6/h68-72,77H,7-67H2,1-6H3,(H,82,83)(H,84,85)/t70-,71-,72-/m1/s1.